The Bertz CT molecular complexity index is 634. The first kappa shape index (κ1) is 18.3. The minimum absolute atomic E-state index is 0.104. The van der Waals surface area contributed by atoms with Crippen molar-refractivity contribution in [1.29, 1.82) is 0 Å². The topological polar surface area (TPSA) is 63.2 Å². The first-order chi connectivity index (χ1) is 10.8. The molecule has 0 aliphatic heterocycles. The van der Waals surface area contributed by atoms with Gasteiger partial charge in [0.1, 0.15) is 5.25 Å². The van der Waals surface area contributed by atoms with Crippen molar-refractivity contribution in [2.24, 2.45) is 5.92 Å². The molecule has 2 rings (SSSR count). The van der Waals surface area contributed by atoms with Gasteiger partial charge in [-0.1, -0.05) is 30.7 Å². The molecule has 23 heavy (non-hydrogen) atoms. The van der Waals surface area contributed by atoms with Gasteiger partial charge in [0.15, 0.2) is 9.84 Å². The summed E-state index contributed by atoms with van der Waals surface area (Å²) in [7, 11) is -3.54. The van der Waals surface area contributed by atoms with Gasteiger partial charge in [-0.3, -0.25) is 4.79 Å². The van der Waals surface area contributed by atoms with Gasteiger partial charge in [0.05, 0.1) is 5.75 Å². The molecule has 0 radical (unpaired) electrons. The molecular weight excluding hydrogens is 334 g/mol. The van der Waals surface area contributed by atoms with Crippen molar-refractivity contribution in [2.45, 2.75) is 56.6 Å². The number of hydrogen-bond donors (Lipinski definition) is 1. The van der Waals surface area contributed by atoms with Crippen LogP contribution in [0.1, 0.15) is 45.1 Å². The zero-order valence-electron chi connectivity index (χ0n) is 13.6. The van der Waals surface area contributed by atoms with E-state index >= 15 is 0 Å². The van der Waals surface area contributed by atoms with Crippen molar-refractivity contribution in [1.82, 2.24) is 5.32 Å². The molecule has 1 fully saturated rings. The second-order valence-electron chi connectivity index (χ2n) is 6.54. The molecule has 1 atom stereocenters. The molecule has 0 saturated heterocycles. The number of amides is 1. The third-order valence-electron chi connectivity index (χ3n) is 4.55. The van der Waals surface area contributed by atoms with Crippen molar-refractivity contribution < 1.29 is 13.2 Å². The Morgan fingerprint density at radius 1 is 1.22 bits per heavy atom. The van der Waals surface area contributed by atoms with Crippen LogP contribution in [0.4, 0.5) is 0 Å². The third kappa shape index (κ3) is 5.21. The highest BCUT2D eigenvalue weighted by atomic mass is 35.5. The molecule has 0 unspecified atom stereocenters. The van der Waals surface area contributed by atoms with Crippen LogP contribution in [0.2, 0.25) is 5.02 Å². The molecule has 1 aliphatic carbocycles. The zero-order chi connectivity index (χ0) is 17.0. The lowest BCUT2D eigenvalue weighted by Gasteiger charge is -2.27. The second kappa shape index (κ2) is 7.67. The van der Waals surface area contributed by atoms with Gasteiger partial charge in [-0.25, -0.2) is 8.42 Å². The maximum atomic E-state index is 12.4. The summed E-state index contributed by atoms with van der Waals surface area (Å²) in [5, 5.41) is 2.42. The van der Waals surface area contributed by atoms with Gasteiger partial charge in [0.2, 0.25) is 5.91 Å². The number of rotatable bonds is 5. The van der Waals surface area contributed by atoms with Crippen LogP contribution in [0.5, 0.6) is 0 Å². The Morgan fingerprint density at radius 3 is 2.35 bits per heavy atom. The highest BCUT2D eigenvalue weighted by Gasteiger charge is 2.30. The van der Waals surface area contributed by atoms with Crippen LogP contribution in [0.3, 0.4) is 0 Å². The molecule has 0 heterocycles. The number of sulfone groups is 1. The molecule has 0 aromatic heterocycles. The maximum Gasteiger partial charge on any atom is 0.238 e. The lowest BCUT2D eigenvalue weighted by molar-refractivity contribution is -0.121. The zero-order valence-corrected chi connectivity index (χ0v) is 15.2. The number of nitrogens with one attached hydrogen (secondary N) is 1. The predicted octanol–water partition coefficient (Wildman–Crippen LogP) is 3.34. The van der Waals surface area contributed by atoms with Gasteiger partial charge in [-0.05, 0) is 56.2 Å². The van der Waals surface area contributed by atoms with E-state index in [2.05, 4.69) is 12.2 Å². The smallest absolute Gasteiger partial charge is 0.238 e. The quantitative estimate of drug-likeness (QED) is 0.879. The van der Waals surface area contributed by atoms with Gasteiger partial charge in [-0.15, -0.1) is 0 Å². The summed E-state index contributed by atoms with van der Waals surface area (Å²) in [5.41, 5.74) is 0.639. The number of carbonyl (C=O) groups is 1. The van der Waals surface area contributed by atoms with E-state index in [-0.39, 0.29) is 11.8 Å². The van der Waals surface area contributed by atoms with Crippen molar-refractivity contribution in [3.63, 3.8) is 0 Å². The fourth-order valence-electron chi connectivity index (χ4n) is 2.82. The first-order valence-corrected chi connectivity index (χ1v) is 10.1. The highest BCUT2D eigenvalue weighted by molar-refractivity contribution is 7.92. The van der Waals surface area contributed by atoms with Gasteiger partial charge >= 0.3 is 0 Å². The Balaban J connectivity index is 1.95. The monoisotopic (exact) mass is 357 g/mol. The Kier molecular flexibility index (Phi) is 6.09. The molecule has 1 aliphatic rings. The number of hydrogen-bond acceptors (Lipinski definition) is 3. The SMILES string of the molecule is CC1CCC(NC(=O)[C@H](C)S(=O)(=O)Cc2ccc(Cl)cc2)CC1. The minimum atomic E-state index is -3.54. The molecule has 0 spiro atoms. The standard InChI is InChI=1S/C17H24ClNO3S/c1-12-3-9-16(10-4-12)19-17(20)13(2)23(21,22)11-14-5-7-15(18)8-6-14/h5-8,12-13,16H,3-4,9-11H2,1-2H3,(H,19,20)/t12?,13-,16?/m0/s1. The Morgan fingerprint density at radius 2 is 1.78 bits per heavy atom. The summed E-state index contributed by atoms with van der Waals surface area (Å²) in [4.78, 5) is 12.3. The van der Waals surface area contributed by atoms with Crippen LogP contribution in [-0.4, -0.2) is 25.6 Å². The molecule has 4 nitrogen and oxygen atoms in total. The van der Waals surface area contributed by atoms with E-state index in [1.165, 1.54) is 6.92 Å². The predicted molar refractivity (Wildman–Crippen MR) is 93.1 cm³/mol. The number of benzene rings is 1. The Hall–Kier alpha value is -1.07. The number of halogens is 1. The van der Waals surface area contributed by atoms with E-state index in [9.17, 15) is 13.2 Å². The molecule has 6 heteroatoms. The van der Waals surface area contributed by atoms with E-state index in [0.29, 0.717) is 16.5 Å². The van der Waals surface area contributed by atoms with Crippen molar-refractivity contribution in [3.05, 3.63) is 34.9 Å². The molecular formula is C17H24ClNO3S. The third-order valence-corrected chi connectivity index (χ3v) is 6.83. The summed E-state index contributed by atoms with van der Waals surface area (Å²) in [6, 6.07) is 6.76. The highest BCUT2D eigenvalue weighted by Crippen LogP contribution is 2.24. The molecule has 1 saturated carbocycles. The average Bonchev–Trinajstić information content (AvgIpc) is 2.51. The molecule has 1 aromatic rings. The van der Waals surface area contributed by atoms with E-state index in [4.69, 9.17) is 11.6 Å². The van der Waals surface area contributed by atoms with Gasteiger partial charge in [0.25, 0.3) is 0 Å². The molecule has 1 amide bonds. The van der Waals surface area contributed by atoms with Crippen LogP contribution in [0.25, 0.3) is 0 Å². The lowest BCUT2D eigenvalue weighted by atomic mass is 9.87. The Labute approximate surface area is 143 Å². The fraction of sp³-hybridized carbons (Fsp3) is 0.588. The van der Waals surface area contributed by atoms with Crippen LogP contribution in [-0.2, 0) is 20.4 Å². The first-order valence-electron chi connectivity index (χ1n) is 8.04. The summed E-state index contributed by atoms with van der Waals surface area (Å²) in [6.45, 7) is 3.67. The van der Waals surface area contributed by atoms with Crippen molar-refractivity contribution in [2.75, 3.05) is 0 Å². The molecule has 1 N–H and O–H groups in total. The summed E-state index contributed by atoms with van der Waals surface area (Å²) in [6.07, 6.45) is 4.02. The molecule has 0 bridgehead atoms. The molecule has 1 aromatic carbocycles. The maximum absolute atomic E-state index is 12.4. The van der Waals surface area contributed by atoms with Crippen LogP contribution in [0.15, 0.2) is 24.3 Å². The van der Waals surface area contributed by atoms with Gasteiger partial charge in [0, 0.05) is 11.1 Å². The van der Waals surface area contributed by atoms with Crippen molar-refractivity contribution >= 4 is 27.3 Å². The van der Waals surface area contributed by atoms with Gasteiger partial charge in [-0.2, -0.15) is 0 Å². The minimum Gasteiger partial charge on any atom is -0.352 e. The number of carbonyl (C=O) groups excluding carboxylic acids is 1. The molecule has 128 valence electrons. The summed E-state index contributed by atoms with van der Waals surface area (Å²) >= 11 is 5.80. The second-order valence-corrected chi connectivity index (χ2v) is 9.30. The van der Waals surface area contributed by atoms with Crippen LogP contribution in [0, 0.1) is 5.92 Å². The van der Waals surface area contributed by atoms with Crippen LogP contribution < -0.4 is 5.32 Å². The average molecular weight is 358 g/mol. The van der Waals surface area contributed by atoms with Crippen molar-refractivity contribution in [3.8, 4) is 0 Å². The lowest BCUT2D eigenvalue weighted by Crippen LogP contribution is -2.44. The summed E-state index contributed by atoms with van der Waals surface area (Å²) in [5.74, 6) is 0.146. The van der Waals surface area contributed by atoms with E-state index < -0.39 is 21.0 Å². The normalized spacial score (nSPS) is 23.3. The van der Waals surface area contributed by atoms with Gasteiger partial charge < -0.3 is 5.32 Å². The van der Waals surface area contributed by atoms with E-state index in [1.807, 2.05) is 0 Å². The largest absolute Gasteiger partial charge is 0.352 e. The fourth-order valence-corrected chi connectivity index (χ4v) is 4.25. The van der Waals surface area contributed by atoms with Crippen LogP contribution >= 0.6 is 11.6 Å². The van der Waals surface area contributed by atoms with E-state index in [0.717, 1.165) is 25.7 Å². The van der Waals surface area contributed by atoms with E-state index in [1.54, 1.807) is 24.3 Å². The summed E-state index contributed by atoms with van der Waals surface area (Å²) < 4.78 is 24.9.